The summed E-state index contributed by atoms with van der Waals surface area (Å²) in [6.45, 7) is 0. The van der Waals surface area contributed by atoms with Crippen molar-refractivity contribution in [2.24, 2.45) is 0 Å². The smallest absolute Gasteiger partial charge is 0.0735 e. The number of fused-ring (bicyclic) bond motifs is 11. The zero-order valence-corrected chi connectivity index (χ0v) is 30.9. The second kappa shape index (κ2) is 12.8. The van der Waals surface area contributed by atoms with Gasteiger partial charge < -0.3 is 4.90 Å². The van der Waals surface area contributed by atoms with Crippen LogP contribution in [-0.4, -0.2) is 0 Å². The highest BCUT2D eigenvalue weighted by molar-refractivity contribution is 8.00. The molecule has 0 amide bonds. The van der Waals surface area contributed by atoms with Crippen LogP contribution in [0, 0.1) is 0 Å². The standard InChI is InChI=1S/C53H35NS/c1-3-14-36(15-4-1)37-26-31-41(32-27-37)54(40-17-5-2-6-18-40)42-33-28-39(29-34-42)44-22-13-25-49-51(44)55-52-43-19-8-7-16-38(43)30-35-50(52)53(49)47-23-11-9-20-45(47)46-21-10-12-24-48(46)53/h1-35H. The average Bonchev–Trinajstić information content (AvgIpc) is 3.55. The number of nitrogens with zero attached hydrogens (tertiary/aromatic N) is 1. The molecule has 9 aromatic carbocycles. The summed E-state index contributed by atoms with van der Waals surface area (Å²) in [6, 6.07) is 78.0. The Labute approximate surface area is 326 Å². The van der Waals surface area contributed by atoms with Crippen LogP contribution in [0.2, 0.25) is 0 Å². The van der Waals surface area contributed by atoms with Gasteiger partial charge >= 0.3 is 0 Å². The van der Waals surface area contributed by atoms with E-state index in [-0.39, 0.29) is 0 Å². The van der Waals surface area contributed by atoms with Crippen LogP contribution in [-0.2, 0) is 5.41 Å². The largest absolute Gasteiger partial charge is 0.311 e. The van der Waals surface area contributed by atoms with Gasteiger partial charge in [-0.05, 0) is 103 Å². The molecule has 1 nitrogen and oxygen atoms in total. The van der Waals surface area contributed by atoms with Crippen molar-refractivity contribution < 1.29 is 0 Å². The Hall–Kier alpha value is -6.61. The van der Waals surface area contributed by atoms with Gasteiger partial charge in [0.15, 0.2) is 0 Å². The summed E-state index contributed by atoms with van der Waals surface area (Å²) in [5.41, 5.74) is 15.9. The predicted octanol–water partition coefficient (Wildman–Crippen LogP) is 14.5. The van der Waals surface area contributed by atoms with Gasteiger partial charge in [0, 0.05) is 26.9 Å². The van der Waals surface area contributed by atoms with E-state index in [0.29, 0.717) is 0 Å². The molecule has 1 heterocycles. The minimum atomic E-state index is -0.431. The molecular weight excluding hydrogens is 683 g/mol. The van der Waals surface area contributed by atoms with Gasteiger partial charge in [-0.2, -0.15) is 0 Å². The van der Waals surface area contributed by atoms with E-state index in [1.807, 2.05) is 11.8 Å². The van der Waals surface area contributed by atoms with Crippen molar-refractivity contribution in [3.63, 3.8) is 0 Å². The maximum Gasteiger partial charge on any atom is 0.0735 e. The molecule has 258 valence electrons. The summed E-state index contributed by atoms with van der Waals surface area (Å²) in [6.07, 6.45) is 0. The Morgan fingerprint density at radius 2 is 0.800 bits per heavy atom. The molecule has 0 unspecified atom stereocenters. The summed E-state index contributed by atoms with van der Waals surface area (Å²) in [7, 11) is 0. The summed E-state index contributed by atoms with van der Waals surface area (Å²) in [5.74, 6) is 0. The molecule has 0 fully saturated rings. The third-order valence-corrected chi connectivity index (χ3v) is 12.8. The summed E-state index contributed by atoms with van der Waals surface area (Å²) in [4.78, 5) is 5.01. The quantitative estimate of drug-likeness (QED) is 0.174. The highest BCUT2D eigenvalue weighted by atomic mass is 32.2. The lowest BCUT2D eigenvalue weighted by molar-refractivity contribution is 0.726. The topological polar surface area (TPSA) is 3.24 Å². The zero-order chi connectivity index (χ0) is 36.3. The first-order chi connectivity index (χ1) is 27.3. The first-order valence-corrected chi connectivity index (χ1v) is 19.7. The Balaban J connectivity index is 1.08. The molecule has 11 rings (SSSR count). The van der Waals surface area contributed by atoms with Crippen molar-refractivity contribution in [1.29, 1.82) is 0 Å². The van der Waals surface area contributed by atoms with Gasteiger partial charge in [0.25, 0.3) is 0 Å². The van der Waals surface area contributed by atoms with Crippen LogP contribution < -0.4 is 4.90 Å². The maximum absolute atomic E-state index is 2.40. The maximum atomic E-state index is 2.40. The van der Waals surface area contributed by atoms with E-state index in [4.69, 9.17) is 0 Å². The summed E-state index contributed by atoms with van der Waals surface area (Å²) < 4.78 is 0. The van der Waals surface area contributed by atoms with Crippen LogP contribution >= 0.6 is 11.8 Å². The van der Waals surface area contributed by atoms with Crippen LogP contribution in [0.15, 0.2) is 222 Å². The number of benzene rings is 9. The molecule has 0 saturated carbocycles. The molecule has 0 saturated heterocycles. The molecule has 0 radical (unpaired) electrons. The molecule has 55 heavy (non-hydrogen) atoms. The fourth-order valence-corrected chi connectivity index (χ4v) is 10.6. The second-order valence-corrected chi connectivity index (χ2v) is 15.4. The minimum absolute atomic E-state index is 0.431. The molecule has 2 heteroatoms. The zero-order valence-electron chi connectivity index (χ0n) is 30.1. The minimum Gasteiger partial charge on any atom is -0.311 e. The van der Waals surface area contributed by atoms with Crippen molar-refractivity contribution in [2.45, 2.75) is 15.2 Å². The van der Waals surface area contributed by atoms with Gasteiger partial charge in [0.2, 0.25) is 0 Å². The fraction of sp³-hybridized carbons (Fsp3) is 0.0189. The Bertz CT molecular complexity index is 2830. The summed E-state index contributed by atoms with van der Waals surface area (Å²) >= 11 is 1.94. The Morgan fingerprint density at radius 3 is 1.49 bits per heavy atom. The highest BCUT2D eigenvalue weighted by Crippen LogP contribution is 2.64. The van der Waals surface area contributed by atoms with Crippen LogP contribution in [0.5, 0.6) is 0 Å². The number of hydrogen-bond acceptors (Lipinski definition) is 2. The van der Waals surface area contributed by atoms with Crippen molar-refractivity contribution in [2.75, 3.05) is 4.90 Å². The number of para-hydroxylation sites is 1. The van der Waals surface area contributed by atoms with E-state index in [0.717, 1.165) is 17.1 Å². The molecule has 2 aliphatic rings. The van der Waals surface area contributed by atoms with Crippen LogP contribution in [0.25, 0.3) is 44.2 Å². The van der Waals surface area contributed by atoms with E-state index in [1.165, 1.54) is 76.2 Å². The Kier molecular flexibility index (Phi) is 7.40. The van der Waals surface area contributed by atoms with E-state index in [2.05, 4.69) is 217 Å². The number of anilines is 3. The molecule has 0 bridgehead atoms. The molecule has 1 aliphatic carbocycles. The van der Waals surface area contributed by atoms with Gasteiger partial charge in [0.05, 0.1) is 5.41 Å². The lowest BCUT2D eigenvalue weighted by atomic mass is 9.66. The van der Waals surface area contributed by atoms with Crippen LogP contribution in [0.4, 0.5) is 17.1 Å². The highest BCUT2D eigenvalue weighted by Gasteiger charge is 2.50. The Morgan fingerprint density at radius 1 is 0.309 bits per heavy atom. The summed E-state index contributed by atoms with van der Waals surface area (Å²) in [5, 5.41) is 2.57. The van der Waals surface area contributed by atoms with E-state index >= 15 is 0 Å². The van der Waals surface area contributed by atoms with Gasteiger partial charge in [0.1, 0.15) is 0 Å². The first kappa shape index (κ1) is 31.9. The lowest BCUT2D eigenvalue weighted by Crippen LogP contribution is -2.32. The van der Waals surface area contributed by atoms with Crippen LogP contribution in [0.1, 0.15) is 22.3 Å². The first-order valence-electron chi connectivity index (χ1n) is 18.9. The average molecular weight is 718 g/mol. The van der Waals surface area contributed by atoms with Crippen molar-refractivity contribution in [3.05, 3.63) is 235 Å². The number of hydrogen-bond donors (Lipinski definition) is 0. The third kappa shape index (κ3) is 4.88. The normalized spacial score (nSPS) is 13.2. The van der Waals surface area contributed by atoms with E-state index < -0.39 is 5.41 Å². The molecule has 1 spiro atoms. The van der Waals surface area contributed by atoms with E-state index in [9.17, 15) is 0 Å². The van der Waals surface area contributed by atoms with Crippen molar-refractivity contribution in [3.8, 4) is 33.4 Å². The molecule has 9 aromatic rings. The van der Waals surface area contributed by atoms with Crippen LogP contribution in [0.3, 0.4) is 0 Å². The van der Waals surface area contributed by atoms with Crippen molar-refractivity contribution in [1.82, 2.24) is 0 Å². The monoisotopic (exact) mass is 717 g/mol. The fourth-order valence-electron chi connectivity index (χ4n) is 9.13. The molecular formula is C53H35NS. The molecule has 1 aliphatic heterocycles. The lowest BCUT2D eigenvalue weighted by Gasteiger charge is -2.41. The van der Waals surface area contributed by atoms with Gasteiger partial charge in [-0.25, -0.2) is 0 Å². The molecule has 0 N–H and O–H groups in total. The second-order valence-electron chi connectivity index (χ2n) is 14.4. The van der Waals surface area contributed by atoms with Gasteiger partial charge in [-0.3, -0.25) is 0 Å². The number of rotatable bonds is 5. The van der Waals surface area contributed by atoms with E-state index in [1.54, 1.807) is 0 Å². The molecule has 0 atom stereocenters. The van der Waals surface area contributed by atoms with Gasteiger partial charge in [-0.1, -0.05) is 188 Å². The predicted molar refractivity (Wildman–Crippen MR) is 231 cm³/mol. The SMILES string of the molecule is c1ccc(-c2ccc(N(c3ccccc3)c3ccc(-c4cccc5c4Sc4c(ccc6ccccc46)C54c5ccccc5-c5ccccc54)cc3)cc2)cc1. The molecule has 0 aromatic heterocycles. The van der Waals surface area contributed by atoms with Crippen molar-refractivity contribution >= 4 is 39.6 Å². The third-order valence-electron chi connectivity index (χ3n) is 11.5. The van der Waals surface area contributed by atoms with Gasteiger partial charge in [-0.15, -0.1) is 0 Å².